The quantitative estimate of drug-likeness (QED) is 0.437. The molecule has 6 nitrogen and oxygen atoms in total. The number of esters is 3. The Morgan fingerprint density at radius 1 is 1.43 bits per heavy atom. The zero-order valence-electron chi connectivity index (χ0n) is 12.1. The van der Waals surface area contributed by atoms with E-state index in [1.807, 2.05) is 0 Å². The average Bonchev–Trinajstić information content (AvgIpc) is 3.01. The number of carbonyl (C=O) groups is 3. The fraction of sp³-hybridized carbons (Fsp3) is 0.667. The second-order valence-electron chi connectivity index (χ2n) is 6.31. The van der Waals surface area contributed by atoms with Crippen molar-refractivity contribution < 1.29 is 28.6 Å². The molecule has 2 bridgehead atoms. The van der Waals surface area contributed by atoms with E-state index in [1.165, 1.54) is 6.92 Å². The fourth-order valence-corrected chi connectivity index (χ4v) is 3.88. The second-order valence-corrected chi connectivity index (χ2v) is 6.31. The molecule has 3 fully saturated rings. The van der Waals surface area contributed by atoms with Gasteiger partial charge in [0.05, 0.1) is 5.92 Å². The molecule has 0 aromatic heterocycles. The molecule has 2 aliphatic carbocycles. The lowest BCUT2D eigenvalue weighted by Gasteiger charge is -2.36. The van der Waals surface area contributed by atoms with Gasteiger partial charge in [-0.25, -0.2) is 9.59 Å². The standard InChI is InChI=1S/C15H18O6/c1-7(2)13(17)19-6-11(16)21-15(3)8-4-9-10(5-8)14(18)20-12(9)15/h8-10,12H,1,4-6H2,2-3H3. The lowest BCUT2D eigenvalue weighted by atomic mass is 9.80. The molecule has 3 aliphatic rings. The second kappa shape index (κ2) is 4.58. The molecule has 0 amide bonds. The number of ether oxygens (including phenoxy) is 3. The highest BCUT2D eigenvalue weighted by atomic mass is 16.6. The summed E-state index contributed by atoms with van der Waals surface area (Å²) in [6.07, 6.45) is 1.18. The molecule has 2 saturated carbocycles. The summed E-state index contributed by atoms with van der Waals surface area (Å²) in [5.41, 5.74) is -0.582. The zero-order valence-corrected chi connectivity index (χ0v) is 12.1. The van der Waals surface area contributed by atoms with Crippen LogP contribution in [-0.4, -0.2) is 36.2 Å². The van der Waals surface area contributed by atoms with Gasteiger partial charge in [-0.15, -0.1) is 0 Å². The van der Waals surface area contributed by atoms with E-state index in [0.29, 0.717) is 6.42 Å². The van der Waals surface area contributed by atoms with Gasteiger partial charge in [0.25, 0.3) is 0 Å². The van der Waals surface area contributed by atoms with Crippen molar-refractivity contribution in [3.8, 4) is 0 Å². The van der Waals surface area contributed by atoms with E-state index in [9.17, 15) is 14.4 Å². The molecule has 1 saturated heterocycles. The smallest absolute Gasteiger partial charge is 0.344 e. The van der Waals surface area contributed by atoms with Crippen molar-refractivity contribution in [3.05, 3.63) is 12.2 Å². The molecule has 1 heterocycles. The van der Waals surface area contributed by atoms with Crippen molar-refractivity contribution in [3.63, 3.8) is 0 Å². The van der Waals surface area contributed by atoms with Gasteiger partial charge in [0.2, 0.25) is 0 Å². The predicted octanol–water partition coefficient (Wildman–Crippen LogP) is 0.989. The molecule has 21 heavy (non-hydrogen) atoms. The Labute approximate surface area is 122 Å². The van der Waals surface area contributed by atoms with Crippen LogP contribution in [0, 0.1) is 17.8 Å². The van der Waals surface area contributed by atoms with E-state index >= 15 is 0 Å². The van der Waals surface area contributed by atoms with Gasteiger partial charge in [0.1, 0.15) is 11.7 Å². The van der Waals surface area contributed by atoms with E-state index in [1.54, 1.807) is 6.92 Å². The van der Waals surface area contributed by atoms with Crippen LogP contribution in [0.5, 0.6) is 0 Å². The highest BCUT2D eigenvalue weighted by Crippen LogP contribution is 2.60. The van der Waals surface area contributed by atoms with Crippen LogP contribution in [-0.2, 0) is 28.6 Å². The maximum Gasteiger partial charge on any atom is 0.344 e. The number of hydrogen-bond donors (Lipinski definition) is 0. The van der Waals surface area contributed by atoms with Crippen LogP contribution in [0.25, 0.3) is 0 Å². The molecular weight excluding hydrogens is 276 g/mol. The molecule has 0 radical (unpaired) electrons. The van der Waals surface area contributed by atoms with Crippen molar-refractivity contribution in [1.29, 1.82) is 0 Å². The predicted molar refractivity (Wildman–Crippen MR) is 69.9 cm³/mol. The SMILES string of the molecule is C=C(C)C(=O)OCC(=O)OC1(C)C2CC3C(=O)OC1C3C2. The first-order valence-electron chi connectivity index (χ1n) is 7.08. The van der Waals surface area contributed by atoms with Gasteiger partial charge in [-0.1, -0.05) is 6.58 Å². The van der Waals surface area contributed by atoms with Crippen LogP contribution in [0.4, 0.5) is 0 Å². The summed E-state index contributed by atoms with van der Waals surface area (Å²) >= 11 is 0. The first-order valence-corrected chi connectivity index (χ1v) is 7.08. The Bertz CT molecular complexity index is 538. The maximum atomic E-state index is 11.9. The summed E-state index contributed by atoms with van der Waals surface area (Å²) in [5, 5.41) is 0. The highest BCUT2D eigenvalue weighted by Gasteiger charge is 2.69. The maximum absolute atomic E-state index is 11.9. The van der Waals surface area contributed by atoms with Gasteiger partial charge >= 0.3 is 17.9 Å². The minimum absolute atomic E-state index is 0.0342. The van der Waals surface area contributed by atoms with Crippen molar-refractivity contribution in [1.82, 2.24) is 0 Å². The van der Waals surface area contributed by atoms with E-state index in [2.05, 4.69) is 6.58 Å². The number of fused-ring (bicyclic) bond motifs is 1. The number of carbonyl (C=O) groups excluding carboxylic acids is 3. The average molecular weight is 294 g/mol. The fourth-order valence-electron chi connectivity index (χ4n) is 3.88. The molecule has 5 atom stereocenters. The molecule has 5 unspecified atom stereocenters. The summed E-state index contributed by atoms with van der Waals surface area (Å²) in [5.74, 6) is -1.19. The first kappa shape index (κ1) is 14.1. The Kier molecular flexibility index (Phi) is 3.07. The summed E-state index contributed by atoms with van der Waals surface area (Å²) < 4.78 is 15.7. The third-order valence-electron chi connectivity index (χ3n) is 4.93. The largest absolute Gasteiger partial charge is 0.458 e. The Balaban J connectivity index is 1.63. The van der Waals surface area contributed by atoms with E-state index in [4.69, 9.17) is 14.2 Å². The van der Waals surface area contributed by atoms with Crippen molar-refractivity contribution >= 4 is 17.9 Å². The van der Waals surface area contributed by atoms with Gasteiger partial charge in [-0.05, 0) is 26.7 Å². The summed E-state index contributed by atoms with van der Waals surface area (Å²) in [4.78, 5) is 34.9. The van der Waals surface area contributed by atoms with E-state index < -0.39 is 24.1 Å². The number of rotatable bonds is 4. The molecule has 0 spiro atoms. The normalized spacial score (nSPS) is 39.0. The van der Waals surface area contributed by atoms with Gasteiger partial charge in [-0.3, -0.25) is 4.79 Å². The number of hydrogen-bond acceptors (Lipinski definition) is 6. The van der Waals surface area contributed by atoms with Gasteiger partial charge < -0.3 is 14.2 Å². The summed E-state index contributed by atoms with van der Waals surface area (Å²) in [6.45, 7) is 6.28. The molecular formula is C15H18O6. The molecule has 3 rings (SSSR count). The first-order chi connectivity index (χ1) is 9.83. The molecule has 0 N–H and O–H groups in total. The highest BCUT2D eigenvalue weighted by molar-refractivity contribution is 5.88. The van der Waals surface area contributed by atoms with Gasteiger partial charge in [0.15, 0.2) is 6.61 Å². The van der Waals surface area contributed by atoms with Crippen LogP contribution >= 0.6 is 0 Å². The lowest BCUT2D eigenvalue weighted by molar-refractivity contribution is -0.184. The molecule has 6 heteroatoms. The molecule has 0 aromatic rings. The van der Waals surface area contributed by atoms with Crippen LogP contribution < -0.4 is 0 Å². The minimum atomic E-state index is -0.806. The summed E-state index contributed by atoms with van der Waals surface area (Å²) in [7, 11) is 0. The van der Waals surface area contributed by atoms with Crippen LogP contribution in [0.15, 0.2) is 12.2 Å². The molecule has 0 aromatic carbocycles. The van der Waals surface area contributed by atoms with Crippen LogP contribution in [0.3, 0.4) is 0 Å². The third-order valence-corrected chi connectivity index (χ3v) is 4.93. The van der Waals surface area contributed by atoms with Crippen LogP contribution in [0.2, 0.25) is 0 Å². The van der Waals surface area contributed by atoms with E-state index in [-0.39, 0.29) is 35.4 Å². The summed E-state index contributed by atoms with van der Waals surface area (Å²) in [6, 6.07) is 0. The Morgan fingerprint density at radius 3 is 2.81 bits per heavy atom. The van der Waals surface area contributed by atoms with Crippen molar-refractivity contribution in [2.24, 2.45) is 17.8 Å². The Hall–Kier alpha value is -1.85. The lowest BCUT2D eigenvalue weighted by Crippen LogP contribution is -2.48. The van der Waals surface area contributed by atoms with Gasteiger partial charge in [-0.2, -0.15) is 0 Å². The zero-order chi connectivity index (χ0) is 15.4. The van der Waals surface area contributed by atoms with Gasteiger partial charge in [0, 0.05) is 17.4 Å². The molecule has 114 valence electrons. The topological polar surface area (TPSA) is 78.9 Å². The van der Waals surface area contributed by atoms with Crippen molar-refractivity contribution in [2.75, 3.05) is 6.61 Å². The van der Waals surface area contributed by atoms with Crippen LogP contribution in [0.1, 0.15) is 26.7 Å². The monoisotopic (exact) mass is 294 g/mol. The van der Waals surface area contributed by atoms with E-state index in [0.717, 1.165) is 6.42 Å². The third kappa shape index (κ3) is 2.04. The van der Waals surface area contributed by atoms with Crippen molar-refractivity contribution in [2.45, 2.75) is 38.4 Å². The minimum Gasteiger partial charge on any atom is -0.458 e. The Morgan fingerprint density at radius 2 is 2.14 bits per heavy atom. The molecule has 1 aliphatic heterocycles.